The first-order valence-electron chi connectivity index (χ1n) is 8.57. The molecule has 0 saturated heterocycles. The second kappa shape index (κ2) is 6.56. The second-order valence-corrected chi connectivity index (χ2v) is 7.31. The fraction of sp³-hybridized carbons (Fsp3) is 0.412. The molecule has 0 aliphatic carbocycles. The number of anilines is 1. The van der Waals surface area contributed by atoms with Gasteiger partial charge in [-0.05, 0) is 20.3 Å². The maximum Gasteiger partial charge on any atom is 0.198 e. The maximum absolute atomic E-state index is 12.4. The maximum atomic E-state index is 12.4. The van der Waals surface area contributed by atoms with E-state index in [9.17, 15) is 4.79 Å². The van der Waals surface area contributed by atoms with Crippen LogP contribution < -0.4 is 4.90 Å². The number of hydrogen-bond donors (Lipinski definition) is 0. The van der Waals surface area contributed by atoms with Gasteiger partial charge in [0, 0.05) is 17.6 Å². The number of carbonyl (C=O) groups is 1. The lowest BCUT2D eigenvalue weighted by Gasteiger charge is -2.39. The molecule has 9 heteroatoms. The third kappa shape index (κ3) is 2.68. The Kier molecular flexibility index (Phi) is 4.23. The number of Topliss-reactive ketones (excluding diaryl/α,β-unsaturated/α-hetero) is 1. The van der Waals surface area contributed by atoms with Gasteiger partial charge in [-0.3, -0.25) is 9.36 Å². The normalized spacial score (nSPS) is 15.8. The zero-order valence-electron chi connectivity index (χ0n) is 14.8. The molecular weight excluding hydrogens is 350 g/mol. The van der Waals surface area contributed by atoms with Gasteiger partial charge in [-0.2, -0.15) is 0 Å². The number of thiazole rings is 1. The Hall–Kier alpha value is -2.68. The van der Waals surface area contributed by atoms with Gasteiger partial charge in [0.1, 0.15) is 17.8 Å². The van der Waals surface area contributed by atoms with E-state index in [0.29, 0.717) is 10.8 Å². The standard InChI is InChI=1S/C17H19N7OS/c1-4-11-16-22-20-9-23(16)12-8-19-14(21-15(12)24(11)10(2)3)7-13(25)17-18-5-6-26-17/h5-6,8-11H,4,7H2,1-3H3/t11-/m1/s1. The number of nitrogens with zero attached hydrogens (tertiary/aromatic N) is 7. The molecule has 0 bridgehead atoms. The lowest BCUT2D eigenvalue weighted by Crippen LogP contribution is -2.40. The average Bonchev–Trinajstić information content (AvgIpc) is 3.31. The average molecular weight is 369 g/mol. The lowest BCUT2D eigenvalue weighted by atomic mass is 10.1. The van der Waals surface area contributed by atoms with E-state index in [2.05, 4.69) is 45.8 Å². The van der Waals surface area contributed by atoms with Gasteiger partial charge in [0.2, 0.25) is 0 Å². The molecule has 0 spiro atoms. The lowest BCUT2D eigenvalue weighted by molar-refractivity contribution is 0.0990. The molecule has 0 aromatic carbocycles. The quantitative estimate of drug-likeness (QED) is 0.639. The first-order chi connectivity index (χ1) is 12.6. The summed E-state index contributed by atoms with van der Waals surface area (Å²) in [6, 6.07) is 0.309. The van der Waals surface area contributed by atoms with E-state index in [1.54, 1.807) is 24.1 Å². The molecule has 3 aromatic rings. The summed E-state index contributed by atoms with van der Waals surface area (Å²) >= 11 is 1.33. The summed E-state index contributed by atoms with van der Waals surface area (Å²) in [6.07, 6.45) is 6.09. The van der Waals surface area contributed by atoms with E-state index < -0.39 is 0 Å². The van der Waals surface area contributed by atoms with Crippen LogP contribution in [-0.2, 0) is 6.42 Å². The predicted molar refractivity (Wildman–Crippen MR) is 97.7 cm³/mol. The number of aromatic nitrogens is 6. The fourth-order valence-electron chi connectivity index (χ4n) is 3.34. The first-order valence-corrected chi connectivity index (χ1v) is 9.45. The van der Waals surface area contributed by atoms with Crippen molar-refractivity contribution in [3.8, 4) is 5.69 Å². The minimum atomic E-state index is -0.0658. The first kappa shape index (κ1) is 16.8. The number of carbonyl (C=O) groups excluding carboxylic acids is 1. The van der Waals surface area contributed by atoms with E-state index in [1.165, 1.54) is 11.3 Å². The van der Waals surface area contributed by atoms with Crippen molar-refractivity contribution in [1.29, 1.82) is 0 Å². The van der Waals surface area contributed by atoms with Crippen LogP contribution in [0.15, 0.2) is 24.1 Å². The van der Waals surface area contributed by atoms with E-state index in [0.717, 1.165) is 23.8 Å². The van der Waals surface area contributed by atoms with Crippen molar-refractivity contribution in [2.24, 2.45) is 0 Å². The monoisotopic (exact) mass is 369 g/mol. The molecule has 0 amide bonds. The molecule has 134 valence electrons. The van der Waals surface area contributed by atoms with Gasteiger partial charge in [0.15, 0.2) is 22.4 Å². The van der Waals surface area contributed by atoms with Crippen LogP contribution in [0.2, 0.25) is 0 Å². The smallest absolute Gasteiger partial charge is 0.198 e. The zero-order chi connectivity index (χ0) is 18.3. The zero-order valence-corrected chi connectivity index (χ0v) is 15.6. The Balaban J connectivity index is 1.76. The Morgan fingerprint density at radius 3 is 2.88 bits per heavy atom. The van der Waals surface area contributed by atoms with Gasteiger partial charge in [0.25, 0.3) is 0 Å². The van der Waals surface area contributed by atoms with Crippen LogP contribution in [0.4, 0.5) is 5.82 Å². The van der Waals surface area contributed by atoms with Crippen molar-refractivity contribution in [1.82, 2.24) is 29.7 Å². The molecule has 0 fully saturated rings. The van der Waals surface area contributed by atoms with E-state index in [-0.39, 0.29) is 24.3 Å². The Morgan fingerprint density at radius 2 is 2.19 bits per heavy atom. The van der Waals surface area contributed by atoms with Gasteiger partial charge < -0.3 is 4.90 Å². The van der Waals surface area contributed by atoms with Gasteiger partial charge >= 0.3 is 0 Å². The van der Waals surface area contributed by atoms with Gasteiger partial charge in [-0.25, -0.2) is 15.0 Å². The molecule has 1 aliphatic heterocycles. The molecule has 3 aromatic heterocycles. The van der Waals surface area contributed by atoms with Crippen molar-refractivity contribution in [3.63, 3.8) is 0 Å². The summed E-state index contributed by atoms with van der Waals surface area (Å²) in [5.41, 5.74) is 0.842. The highest BCUT2D eigenvalue weighted by Gasteiger charge is 2.35. The SMILES string of the molecule is CC[C@@H]1c2nncn2-c2cnc(CC(=O)c3nccs3)nc2N1C(C)C. The molecule has 26 heavy (non-hydrogen) atoms. The van der Waals surface area contributed by atoms with Crippen LogP contribution in [0.1, 0.15) is 54.7 Å². The van der Waals surface area contributed by atoms with Gasteiger partial charge in [-0.15, -0.1) is 21.5 Å². The summed E-state index contributed by atoms with van der Waals surface area (Å²) in [4.78, 5) is 27.8. The van der Waals surface area contributed by atoms with Crippen molar-refractivity contribution < 1.29 is 4.79 Å². The summed E-state index contributed by atoms with van der Waals surface area (Å²) in [7, 11) is 0. The second-order valence-electron chi connectivity index (χ2n) is 6.42. The largest absolute Gasteiger partial charge is 0.342 e. The summed E-state index contributed by atoms with van der Waals surface area (Å²) in [5, 5.41) is 10.6. The number of hydrogen-bond acceptors (Lipinski definition) is 8. The van der Waals surface area contributed by atoms with E-state index in [4.69, 9.17) is 4.98 Å². The molecule has 0 radical (unpaired) electrons. The molecule has 4 heterocycles. The summed E-state index contributed by atoms with van der Waals surface area (Å²) < 4.78 is 1.94. The van der Waals surface area contributed by atoms with Crippen molar-refractivity contribution in [2.75, 3.05) is 4.90 Å². The molecule has 4 rings (SSSR count). The minimum absolute atomic E-state index is 0.0658. The third-order valence-corrected chi connectivity index (χ3v) is 5.26. The van der Waals surface area contributed by atoms with E-state index in [1.807, 2.05) is 4.57 Å². The van der Waals surface area contributed by atoms with Crippen molar-refractivity contribution in [2.45, 2.75) is 45.7 Å². The van der Waals surface area contributed by atoms with Crippen LogP contribution in [0.5, 0.6) is 0 Å². The Labute approximate surface area is 155 Å². The van der Waals surface area contributed by atoms with Crippen LogP contribution in [-0.4, -0.2) is 41.5 Å². The Morgan fingerprint density at radius 1 is 1.35 bits per heavy atom. The highest BCUT2D eigenvalue weighted by Crippen LogP contribution is 2.38. The minimum Gasteiger partial charge on any atom is -0.342 e. The highest BCUT2D eigenvalue weighted by atomic mass is 32.1. The summed E-state index contributed by atoms with van der Waals surface area (Å²) in [5.74, 6) is 2.14. The van der Waals surface area contributed by atoms with Crippen molar-refractivity contribution in [3.05, 3.63) is 40.8 Å². The van der Waals surface area contributed by atoms with Gasteiger partial charge in [-0.1, -0.05) is 6.92 Å². The number of ketones is 1. The molecule has 0 unspecified atom stereocenters. The third-order valence-electron chi connectivity index (χ3n) is 4.44. The fourth-order valence-corrected chi connectivity index (χ4v) is 3.92. The van der Waals surface area contributed by atoms with Gasteiger partial charge in [0.05, 0.1) is 18.7 Å². The molecule has 8 nitrogen and oxygen atoms in total. The van der Waals surface area contributed by atoms with Crippen LogP contribution in [0, 0.1) is 0 Å². The van der Waals surface area contributed by atoms with Crippen LogP contribution in [0.25, 0.3) is 5.69 Å². The highest BCUT2D eigenvalue weighted by molar-refractivity contribution is 7.11. The van der Waals surface area contributed by atoms with Crippen LogP contribution >= 0.6 is 11.3 Å². The topological polar surface area (TPSA) is 89.7 Å². The summed E-state index contributed by atoms with van der Waals surface area (Å²) in [6.45, 7) is 6.38. The predicted octanol–water partition coefficient (Wildman–Crippen LogP) is 2.62. The molecule has 0 N–H and O–H groups in total. The molecular formula is C17H19N7OS. The number of fused-ring (bicyclic) bond motifs is 3. The molecule has 1 atom stereocenters. The molecule has 0 saturated carbocycles. The number of rotatable bonds is 5. The molecule has 1 aliphatic rings. The van der Waals surface area contributed by atoms with E-state index >= 15 is 0 Å². The Bertz CT molecular complexity index is 935. The van der Waals surface area contributed by atoms with Crippen molar-refractivity contribution >= 4 is 22.9 Å². The van der Waals surface area contributed by atoms with Crippen LogP contribution in [0.3, 0.4) is 0 Å².